The molecular formula is C12H16F2N2. The molecule has 1 atom stereocenters. The van der Waals surface area contributed by atoms with Crippen molar-refractivity contribution in [2.45, 2.75) is 19.4 Å². The fourth-order valence-corrected chi connectivity index (χ4v) is 2.06. The molecule has 88 valence electrons. The fraction of sp³-hybridized carbons (Fsp3) is 0.500. The summed E-state index contributed by atoms with van der Waals surface area (Å²) in [5, 5.41) is 3.36. The van der Waals surface area contributed by atoms with Gasteiger partial charge in [0.25, 0.3) is 0 Å². The van der Waals surface area contributed by atoms with Gasteiger partial charge in [-0.25, -0.2) is 8.78 Å². The highest BCUT2D eigenvalue weighted by molar-refractivity contribution is 5.48. The lowest BCUT2D eigenvalue weighted by molar-refractivity contribution is 0.442. The number of hydrogen-bond donors (Lipinski definition) is 1. The zero-order valence-electron chi connectivity index (χ0n) is 9.34. The van der Waals surface area contributed by atoms with E-state index in [4.69, 9.17) is 0 Å². The van der Waals surface area contributed by atoms with Gasteiger partial charge in [-0.3, -0.25) is 0 Å². The van der Waals surface area contributed by atoms with Crippen molar-refractivity contribution in [2.75, 3.05) is 24.5 Å². The molecule has 0 saturated carbocycles. The predicted molar refractivity (Wildman–Crippen MR) is 60.7 cm³/mol. The Labute approximate surface area is 94.3 Å². The minimum absolute atomic E-state index is 0.387. The summed E-state index contributed by atoms with van der Waals surface area (Å²) in [6.07, 6.45) is 1.01. The standard InChI is InChI=1S/C12H16F2N2/c1-2-10-8-16(6-5-15-10)12-4-3-9(13)7-11(12)14/h3-4,7,10,15H,2,5-6,8H2,1H3. The molecule has 0 aromatic heterocycles. The lowest BCUT2D eigenvalue weighted by Crippen LogP contribution is -2.50. The Hall–Kier alpha value is -1.16. The number of nitrogens with one attached hydrogen (secondary N) is 1. The highest BCUT2D eigenvalue weighted by Crippen LogP contribution is 2.21. The van der Waals surface area contributed by atoms with Gasteiger partial charge in [-0.05, 0) is 18.6 Å². The minimum Gasteiger partial charge on any atom is -0.366 e. The SMILES string of the molecule is CCC1CN(c2ccc(F)cc2F)CCN1. The van der Waals surface area contributed by atoms with Crippen LogP contribution >= 0.6 is 0 Å². The molecule has 1 saturated heterocycles. The van der Waals surface area contributed by atoms with Crippen LogP contribution in [0.5, 0.6) is 0 Å². The van der Waals surface area contributed by atoms with Gasteiger partial charge in [-0.15, -0.1) is 0 Å². The molecule has 1 heterocycles. The summed E-state index contributed by atoms with van der Waals surface area (Å²) in [6, 6.07) is 4.15. The second-order valence-electron chi connectivity index (χ2n) is 4.10. The van der Waals surface area contributed by atoms with Crippen molar-refractivity contribution in [3.05, 3.63) is 29.8 Å². The monoisotopic (exact) mass is 226 g/mol. The van der Waals surface area contributed by atoms with Crippen LogP contribution in [0.25, 0.3) is 0 Å². The number of halogens is 2. The van der Waals surface area contributed by atoms with Crippen LogP contribution in [0.4, 0.5) is 14.5 Å². The van der Waals surface area contributed by atoms with Crippen molar-refractivity contribution in [1.82, 2.24) is 5.32 Å². The summed E-state index contributed by atoms with van der Waals surface area (Å²) in [5.74, 6) is -1.000. The summed E-state index contributed by atoms with van der Waals surface area (Å²) >= 11 is 0. The molecule has 1 aliphatic heterocycles. The smallest absolute Gasteiger partial charge is 0.149 e. The number of piperazine rings is 1. The number of anilines is 1. The Morgan fingerprint density at radius 3 is 2.94 bits per heavy atom. The Kier molecular flexibility index (Phi) is 3.39. The van der Waals surface area contributed by atoms with E-state index in [-0.39, 0.29) is 0 Å². The molecule has 1 aliphatic rings. The summed E-state index contributed by atoms with van der Waals surface area (Å²) < 4.78 is 26.4. The fourth-order valence-electron chi connectivity index (χ4n) is 2.06. The molecule has 1 aromatic rings. The van der Waals surface area contributed by atoms with Crippen LogP contribution in [0.15, 0.2) is 18.2 Å². The van der Waals surface area contributed by atoms with Crippen molar-refractivity contribution in [3.63, 3.8) is 0 Å². The molecule has 0 amide bonds. The molecule has 1 fully saturated rings. The topological polar surface area (TPSA) is 15.3 Å². The highest BCUT2D eigenvalue weighted by atomic mass is 19.1. The zero-order valence-corrected chi connectivity index (χ0v) is 9.34. The van der Waals surface area contributed by atoms with Crippen LogP contribution < -0.4 is 10.2 Å². The van der Waals surface area contributed by atoms with E-state index in [9.17, 15) is 8.78 Å². The van der Waals surface area contributed by atoms with Crippen LogP contribution in [0.1, 0.15) is 13.3 Å². The van der Waals surface area contributed by atoms with E-state index in [0.29, 0.717) is 11.7 Å². The maximum atomic E-state index is 13.6. The first-order valence-electron chi connectivity index (χ1n) is 5.64. The van der Waals surface area contributed by atoms with Crippen LogP contribution in [0.2, 0.25) is 0 Å². The van der Waals surface area contributed by atoms with Crippen LogP contribution in [-0.4, -0.2) is 25.7 Å². The Morgan fingerprint density at radius 1 is 1.44 bits per heavy atom. The Balaban J connectivity index is 2.16. The van der Waals surface area contributed by atoms with Gasteiger partial charge in [-0.1, -0.05) is 6.92 Å². The zero-order chi connectivity index (χ0) is 11.5. The molecule has 1 N–H and O–H groups in total. The first-order chi connectivity index (χ1) is 7.70. The molecule has 1 unspecified atom stereocenters. The van der Waals surface area contributed by atoms with Gasteiger partial charge in [0, 0.05) is 31.7 Å². The van der Waals surface area contributed by atoms with E-state index in [1.807, 2.05) is 4.90 Å². The van der Waals surface area contributed by atoms with E-state index < -0.39 is 11.6 Å². The number of rotatable bonds is 2. The number of benzene rings is 1. The van der Waals surface area contributed by atoms with Gasteiger partial charge in [0.2, 0.25) is 0 Å². The van der Waals surface area contributed by atoms with Crippen molar-refractivity contribution < 1.29 is 8.78 Å². The Bertz CT molecular complexity index is 368. The van der Waals surface area contributed by atoms with Crippen LogP contribution in [0, 0.1) is 11.6 Å². The maximum absolute atomic E-state index is 13.6. The summed E-state index contributed by atoms with van der Waals surface area (Å²) in [7, 11) is 0. The quantitative estimate of drug-likeness (QED) is 0.831. The highest BCUT2D eigenvalue weighted by Gasteiger charge is 2.20. The molecule has 0 aliphatic carbocycles. The average Bonchev–Trinajstić information content (AvgIpc) is 2.29. The molecule has 0 radical (unpaired) electrons. The van der Waals surface area contributed by atoms with E-state index >= 15 is 0 Å². The van der Waals surface area contributed by atoms with Crippen LogP contribution in [0.3, 0.4) is 0 Å². The van der Waals surface area contributed by atoms with Crippen molar-refractivity contribution in [3.8, 4) is 0 Å². The molecule has 0 bridgehead atoms. The third-order valence-corrected chi connectivity index (χ3v) is 3.00. The van der Waals surface area contributed by atoms with Crippen molar-refractivity contribution in [1.29, 1.82) is 0 Å². The second kappa shape index (κ2) is 4.78. The first-order valence-corrected chi connectivity index (χ1v) is 5.64. The molecular weight excluding hydrogens is 210 g/mol. The maximum Gasteiger partial charge on any atom is 0.149 e. The average molecular weight is 226 g/mol. The van der Waals surface area contributed by atoms with Gasteiger partial charge < -0.3 is 10.2 Å². The molecule has 1 aromatic carbocycles. The number of nitrogens with zero attached hydrogens (tertiary/aromatic N) is 1. The van der Waals surface area contributed by atoms with Gasteiger partial charge >= 0.3 is 0 Å². The third-order valence-electron chi connectivity index (χ3n) is 3.00. The van der Waals surface area contributed by atoms with E-state index in [1.54, 1.807) is 0 Å². The van der Waals surface area contributed by atoms with Gasteiger partial charge in [0.15, 0.2) is 0 Å². The van der Waals surface area contributed by atoms with Crippen LogP contribution in [-0.2, 0) is 0 Å². The summed E-state index contributed by atoms with van der Waals surface area (Å²) in [4.78, 5) is 1.97. The molecule has 2 nitrogen and oxygen atoms in total. The van der Waals surface area contributed by atoms with Crippen molar-refractivity contribution >= 4 is 5.69 Å². The summed E-state index contributed by atoms with van der Waals surface area (Å²) in [5.41, 5.74) is 0.501. The van der Waals surface area contributed by atoms with Gasteiger partial charge in [-0.2, -0.15) is 0 Å². The third kappa shape index (κ3) is 2.32. The summed E-state index contributed by atoms with van der Waals surface area (Å²) in [6.45, 7) is 4.48. The molecule has 16 heavy (non-hydrogen) atoms. The van der Waals surface area contributed by atoms with Gasteiger partial charge in [0.1, 0.15) is 11.6 Å². The predicted octanol–water partition coefficient (Wildman–Crippen LogP) is 2.15. The normalized spacial score (nSPS) is 21.2. The number of hydrogen-bond acceptors (Lipinski definition) is 2. The second-order valence-corrected chi connectivity index (χ2v) is 4.10. The first kappa shape index (κ1) is 11.3. The van der Waals surface area contributed by atoms with E-state index in [0.717, 1.165) is 32.1 Å². The van der Waals surface area contributed by atoms with Gasteiger partial charge in [0.05, 0.1) is 5.69 Å². The molecule has 0 spiro atoms. The lowest BCUT2D eigenvalue weighted by atomic mass is 10.1. The minimum atomic E-state index is -0.525. The van der Waals surface area contributed by atoms with Crippen molar-refractivity contribution in [2.24, 2.45) is 0 Å². The largest absolute Gasteiger partial charge is 0.366 e. The molecule has 4 heteroatoms. The lowest BCUT2D eigenvalue weighted by Gasteiger charge is -2.35. The molecule has 2 rings (SSSR count). The van der Waals surface area contributed by atoms with E-state index in [2.05, 4.69) is 12.2 Å². The Morgan fingerprint density at radius 2 is 2.25 bits per heavy atom. The van der Waals surface area contributed by atoms with E-state index in [1.165, 1.54) is 12.1 Å².